The van der Waals surface area contributed by atoms with Crippen molar-refractivity contribution in [1.82, 2.24) is 4.90 Å². The zero-order chi connectivity index (χ0) is 16.4. The lowest BCUT2D eigenvalue weighted by atomic mass is 9.85. The van der Waals surface area contributed by atoms with Crippen molar-refractivity contribution in [3.63, 3.8) is 0 Å². The lowest BCUT2D eigenvalue weighted by molar-refractivity contribution is 0.215. The van der Waals surface area contributed by atoms with Crippen molar-refractivity contribution in [2.45, 2.75) is 11.8 Å². The predicted octanol–water partition coefficient (Wildman–Crippen LogP) is 4.22. The molecule has 2 aromatic carbocycles. The molecule has 3 rings (SSSR count). The second kappa shape index (κ2) is 6.82. The zero-order valence-electron chi connectivity index (χ0n) is 13.2. The Morgan fingerprint density at radius 3 is 2.13 bits per heavy atom. The van der Waals surface area contributed by atoms with Gasteiger partial charge in [0, 0.05) is 28.5 Å². The van der Waals surface area contributed by atoms with Crippen molar-refractivity contribution in [3.05, 3.63) is 69.7 Å². The van der Waals surface area contributed by atoms with Crippen LogP contribution in [0.4, 0.5) is 0 Å². The monoisotopic (exact) mass is 349 g/mol. The molecule has 0 saturated heterocycles. The molecule has 1 aliphatic rings. The quantitative estimate of drug-likeness (QED) is 0.843. The van der Waals surface area contributed by atoms with E-state index in [1.807, 2.05) is 24.3 Å². The average Bonchev–Trinajstić information content (AvgIpc) is 3.22. The van der Waals surface area contributed by atoms with Crippen LogP contribution in [0.2, 0.25) is 10.0 Å². The van der Waals surface area contributed by atoms with E-state index in [1.54, 1.807) is 0 Å². The van der Waals surface area contributed by atoms with Gasteiger partial charge in [-0.25, -0.2) is 0 Å². The van der Waals surface area contributed by atoms with E-state index in [0.717, 1.165) is 23.0 Å². The Labute approximate surface area is 147 Å². The maximum Gasteiger partial charge on any atom is 0.0558 e. The van der Waals surface area contributed by atoms with Gasteiger partial charge in [-0.1, -0.05) is 47.5 Å². The van der Waals surface area contributed by atoms with Crippen molar-refractivity contribution in [3.8, 4) is 0 Å². The fourth-order valence-corrected chi connectivity index (χ4v) is 3.97. The Kier molecular flexibility index (Phi) is 4.98. The van der Waals surface area contributed by atoms with Gasteiger partial charge < -0.3 is 10.0 Å². The molecule has 0 aliphatic heterocycles. The molecule has 0 amide bonds. The van der Waals surface area contributed by atoms with E-state index in [9.17, 15) is 0 Å². The molecule has 122 valence electrons. The van der Waals surface area contributed by atoms with Crippen LogP contribution in [0, 0.1) is 5.92 Å². The van der Waals surface area contributed by atoms with Gasteiger partial charge in [0.25, 0.3) is 0 Å². The largest absolute Gasteiger partial charge is 0.395 e. The molecule has 1 saturated carbocycles. The lowest BCUT2D eigenvalue weighted by Gasteiger charge is -2.22. The zero-order valence-corrected chi connectivity index (χ0v) is 14.7. The highest BCUT2D eigenvalue weighted by molar-refractivity contribution is 6.31. The van der Waals surface area contributed by atoms with E-state index in [4.69, 9.17) is 28.3 Å². The second-order valence-electron chi connectivity index (χ2n) is 6.38. The Balaban J connectivity index is 1.96. The van der Waals surface area contributed by atoms with E-state index in [1.165, 1.54) is 11.1 Å². The summed E-state index contributed by atoms with van der Waals surface area (Å²) in [5.74, 6) is 0.496. The van der Waals surface area contributed by atoms with Gasteiger partial charge in [-0.05, 0) is 54.8 Å². The van der Waals surface area contributed by atoms with Crippen LogP contribution in [-0.4, -0.2) is 36.8 Å². The van der Waals surface area contributed by atoms with Crippen molar-refractivity contribution in [2.24, 2.45) is 5.92 Å². The normalized spacial score (nSPS) is 19.1. The highest BCUT2D eigenvalue weighted by atomic mass is 35.5. The number of nitrogens with zero attached hydrogens (tertiary/aromatic N) is 1. The summed E-state index contributed by atoms with van der Waals surface area (Å²) >= 11 is 12.5. The molecule has 1 aliphatic carbocycles. The van der Waals surface area contributed by atoms with Crippen molar-refractivity contribution >= 4 is 23.2 Å². The van der Waals surface area contributed by atoms with Gasteiger partial charge in [0.15, 0.2) is 0 Å². The second-order valence-corrected chi connectivity index (χ2v) is 7.25. The van der Waals surface area contributed by atoms with E-state index in [2.05, 4.69) is 36.2 Å². The molecule has 1 unspecified atom stereocenters. The minimum atomic E-state index is -0.0283. The molecule has 0 radical (unpaired) electrons. The summed E-state index contributed by atoms with van der Waals surface area (Å²) in [5, 5.41) is 10.7. The standard InChI is InChI=1S/C19H21Cl2NO/c1-22(8-9-23)13-16-12-19(16,14-4-2-6-17(20)10-14)15-5-3-7-18(21)11-15/h2-7,10-11,16,23H,8-9,12-13H2,1H3. The van der Waals surface area contributed by atoms with E-state index in [-0.39, 0.29) is 12.0 Å². The number of aliphatic hydroxyl groups is 1. The van der Waals surface area contributed by atoms with Gasteiger partial charge >= 0.3 is 0 Å². The van der Waals surface area contributed by atoms with Crippen LogP contribution in [-0.2, 0) is 5.41 Å². The number of halogens is 2. The molecule has 1 fully saturated rings. The Bertz CT molecular complexity index is 643. The maximum atomic E-state index is 9.13. The van der Waals surface area contributed by atoms with Crippen molar-refractivity contribution in [2.75, 3.05) is 26.7 Å². The van der Waals surface area contributed by atoms with Gasteiger partial charge in [-0.15, -0.1) is 0 Å². The first-order valence-corrected chi connectivity index (χ1v) is 8.63. The van der Waals surface area contributed by atoms with E-state index < -0.39 is 0 Å². The fourth-order valence-electron chi connectivity index (χ4n) is 3.59. The molecule has 0 heterocycles. The molecule has 23 heavy (non-hydrogen) atoms. The Hall–Kier alpha value is -1.06. The van der Waals surface area contributed by atoms with Gasteiger partial charge in [-0.3, -0.25) is 0 Å². The van der Waals surface area contributed by atoms with Crippen molar-refractivity contribution in [1.29, 1.82) is 0 Å². The smallest absolute Gasteiger partial charge is 0.0558 e. The predicted molar refractivity (Wildman–Crippen MR) is 96.4 cm³/mol. The van der Waals surface area contributed by atoms with Gasteiger partial charge in [-0.2, -0.15) is 0 Å². The van der Waals surface area contributed by atoms with Crippen LogP contribution in [0.1, 0.15) is 17.5 Å². The maximum absolute atomic E-state index is 9.13. The molecule has 2 aromatic rings. The van der Waals surface area contributed by atoms with Gasteiger partial charge in [0.1, 0.15) is 0 Å². The molecule has 1 N–H and O–H groups in total. The first kappa shape index (κ1) is 16.8. The Morgan fingerprint density at radius 2 is 1.65 bits per heavy atom. The summed E-state index contributed by atoms with van der Waals surface area (Å²) in [6.07, 6.45) is 1.07. The van der Waals surface area contributed by atoms with Crippen LogP contribution >= 0.6 is 23.2 Å². The van der Waals surface area contributed by atoms with Crippen LogP contribution in [0.25, 0.3) is 0 Å². The van der Waals surface area contributed by atoms with Crippen molar-refractivity contribution < 1.29 is 5.11 Å². The van der Waals surface area contributed by atoms with E-state index >= 15 is 0 Å². The number of hydrogen-bond acceptors (Lipinski definition) is 2. The third-order valence-corrected chi connectivity index (χ3v) is 5.27. The van der Waals surface area contributed by atoms with Crippen LogP contribution in [0.3, 0.4) is 0 Å². The minimum absolute atomic E-state index is 0.0283. The number of rotatable bonds is 6. The summed E-state index contributed by atoms with van der Waals surface area (Å²) < 4.78 is 0. The topological polar surface area (TPSA) is 23.5 Å². The third kappa shape index (κ3) is 3.41. The number of benzene rings is 2. The summed E-state index contributed by atoms with van der Waals surface area (Å²) in [5.41, 5.74) is 2.46. The highest BCUT2D eigenvalue weighted by Gasteiger charge is 2.56. The molecule has 0 bridgehead atoms. The first-order valence-electron chi connectivity index (χ1n) is 7.88. The summed E-state index contributed by atoms with van der Waals surface area (Å²) in [6.45, 7) is 1.82. The lowest BCUT2D eigenvalue weighted by Crippen LogP contribution is -2.27. The highest BCUT2D eigenvalue weighted by Crippen LogP contribution is 2.59. The molecule has 0 aromatic heterocycles. The first-order chi connectivity index (χ1) is 11.1. The molecular weight excluding hydrogens is 329 g/mol. The molecule has 1 atom stereocenters. The summed E-state index contributed by atoms with van der Waals surface area (Å²) in [7, 11) is 2.05. The number of hydrogen-bond donors (Lipinski definition) is 1. The molecule has 4 heteroatoms. The number of likely N-dealkylation sites (N-methyl/N-ethyl adjacent to an activating group) is 1. The van der Waals surface area contributed by atoms with Crippen LogP contribution in [0.5, 0.6) is 0 Å². The van der Waals surface area contributed by atoms with Gasteiger partial charge in [0.2, 0.25) is 0 Å². The molecule has 0 spiro atoms. The summed E-state index contributed by atoms with van der Waals surface area (Å²) in [4.78, 5) is 2.18. The summed E-state index contributed by atoms with van der Waals surface area (Å²) in [6, 6.07) is 16.3. The van der Waals surface area contributed by atoms with Gasteiger partial charge in [0.05, 0.1) is 6.61 Å². The van der Waals surface area contributed by atoms with Crippen LogP contribution in [0.15, 0.2) is 48.5 Å². The fraction of sp³-hybridized carbons (Fsp3) is 0.368. The molecular formula is C19H21Cl2NO. The Morgan fingerprint density at radius 1 is 1.09 bits per heavy atom. The number of aliphatic hydroxyl groups excluding tert-OH is 1. The average molecular weight is 350 g/mol. The minimum Gasteiger partial charge on any atom is -0.395 e. The van der Waals surface area contributed by atoms with Crippen LogP contribution < -0.4 is 0 Å². The SMILES string of the molecule is CN(CCO)CC1CC1(c1cccc(Cl)c1)c1cccc(Cl)c1. The van der Waals surface area contributed by atoms with E-state index in [0.29, 0.717) is 12.5 Å². The third-order valence-electron chi connectivity index (χ3n) is 4.80. The molecule has 2 nitrogen and oxygen atoms in total.